The number of fused-ring (bicyclic) bond motifs is 1. The largest absolute Gasteiger partial charge is 0.333 e. The maximum Gasteiger partial charge on any atom is 0.233 e. The number of hydrogen-bond acceptors (Lipinski definition) is 3. The number of hydrogen-bond donors (Lipinski definition) is 0. The molecule has 1 amide bonds. The molecule has 0 bridgehead atoms. The molecule has 1 aliphatic carbocycles. The second-order valence-electron chi connectivity index (χ2n) is 8.74. The van der Waals surface area contributed by atoms with Gasteiger partial charge in [-0.25, -0.2) is 9.50 Å². The van der Waals surface area contributed by atoms with Crippen molar-refractivity contribution >= 4 is 11.6 Å². The summed E-state index contributed by atoms with van der Waals surface area (Å²) in [5.74, 6) is 0.301. The molecule has 1 atom stereocenters. The van der Waals surface area contributed by atoms with Gasteiger partial charge in [0.2, 0.25) is 5.91 Å². The first-order valence-electron chi connectivity index (χ1n) is 10.8. The minimum absolute atomic E-state index is 0.0650. The van der Waals surface area contributed by atoms with Crippen LogP contribution in [0.15, 0.2) is 42.6 Å². The van der Waals surface area contributed by atoms with E-state index in [9.17, 15) is 4.79 Å². The van der Waals surface area contributed by atoms with Crippen LogP contribution in [0.1, 0.15) is 67.1 Å². The van der Waals surface area contributed by atoms with Crippen molar-refractivity contribution < 1.29 is 4.79 Å². The summed E-state index contributed by atoms with van der Waals surface area (Å²) in [7, 11) is 0. The van der Waals surface area contributed by atoms with E-state index in [0.29, 0.717) is 5.91 Å². The number of aromatic nitrogens is 3. The van der Waals surface area contributed by atoms with E-state index in [2.05, 4.69) is 46.2 Å². The highest BCUT2D eigenvalue weighted by Gasteiger charge is 2.47. The van der Waals surface area contributed by atoms with Crippen molar-refractivity contribution in [1.82, 2.24) is 19.5 Å². The fourth-order valence-electron chi connectivity index (χ4n) is 5.35. The van der Waals surface area contributed by atoms with E-state index < -0.39 is 0 Å². The Bertz CT molecular complexity index is 1050. The van der Waals surface area contributed by atoms with Crippen LogP contribution in [-0.2, 0) is 10.2 Å². The number of amides is 1. The van der Waals surface area contributed by atoms with E-state index in [1.54, 1.807) is 0 Å². The molecule has 150 valence electrons. The van der Waals surface area contributed by atoms with Gasteiger partial charge in [-0.2, -0.15) is 5.10 Å². The molecule has 0 N–H and O–H groups in total. The molecular formula is C24H28N4O. The minimum Gasteiger partial charge on any atom is -0.333 e. The van der Waals surface area contributed by atoms with Crippen LogP contribution >= 0.6 is 0 Å². The third-order valence-corrected chi connectivity index (χ3v) is 6.84. The van der Waals surface area contributed by atoms with Crippen LogP contribution in [0.25, 0.3) is 5.65 Å². The third kappa shape index (κ3) is 2.95. The average molecular weight is 389 g/mol. The summed E-state index contributed by atoms with van der Waals surface area (Å²) < 4.78 is 1.93. The van der Waals surface area contributed by atoms with Crippen LogP contribution in [0.5, 0.6) is 0 Å². The minimum atomic E-state index is -0.373. The van der Waals surface area contributed by atoms with Gasteiger partial charge in [0.1, 0.15) is 0 Å². The van der Waals surface area contributed by atoms with E-state index in [1.807, 2.05) is 29.8 Å². The van der Waals surface area contributed by atoms with Gasteiger partial charge in [-0.1, -0.05) is 42.7 Å². The van der Waals surface area contributed by atoms with E-state index in [4.69, 9.17) is 0 Å². The van der Waals surface area contributed by atoms with E-state index in [1.165, 1.54) is 11.1 Å². The van der Waals surface area contributed by atoms with Gasteiger partial charge in [0, 0.05) is 18.8 Å². The second-order valence-corrected chi connectivity index (χ2v) is 8.74. The maximum atomic E-state index is 14.1. The molecule has 5 rings (SSSR count). The zero-order valence-electron chi connectivity index (χ0n) is 17.3. The van der Waals surface area contributed by atoms with Gasteiger partial charge in [-0.05, 0) is 51.2 Å². The van der Waals surface area contributed by atoms with Gasteiger partial charge in [-0.15, -0.1) is 0 Å². The lowest BCUT2D eigenvalue weighted by Gasteiger charge is -2.36. The van der Waals surface area contributed by atoms with Crippen LogP contribution in [0.2, 0.25) is 0 Å². The number of nitrogens with zero attached hydrogens (tertiary/aromatic N) is 4. The zero-order chi connectivity index (χ0) is 20.0. The first kappa shape index (κ1) is 18.3. The summed E-state index contributed by atoms with van der Waals surface area (Å²) in [6.45, 7) is 4.91. The molecule has 0 spiro atoms. The van der Waals surface area contributed by atoms with Crippen molar-refractivity contribution in [2.24, 2.45) is 0 Å². The highest BCUT2D eigenvalue weighted by molar-refractivity contribution is 5.89. The van der Waals surface area contributed by atoms with Gasteiger partial charge < -0.3 is 4.90 Å². The molecule has 3 heterocycles. The lowest BCUT2D eigenvalue weighted by atomic mass is 9.77. The topological polar surface area (TPSA) is 50.5 Å². The van der Waals surface area contributed by atoms with E-state index >= 15 is 0 Å². The molecule has 29 heavy (non-hydrogen) atoms. The summed E-state index contributed by atoms with van der Waals surface area (Å²) in [6.07, 6.45) is 8.00. The molecular weight excluding hydrogens is 360 g/mol. The van der Waals surface area contributed by atoms with E-state index in [-0.39, 0.29) is 11.5 Å². The summed E-state index contributed by atoms with van der Waals surface area (Å²) in [5.41, 5.74) is 4.93. The number of likely N-dealkylation sites (tertiary alicyclic amines) is 1. The summed E-state index contributed by atoms with van der Waals surface area (Å²) in [4.78, 5) is 20.6. The van der Waals surface area contributed by atoms with Crippen molar-refractivity contribution in [2.75, 3.05) is 6.54 Å². The van der Waals surface area contributed by atoms with Gasteiger partial charge >= 0.3 is 0 Å². The first-order chi connectivity index (χ1) is 14.1. The highest BCUT2D eigenvalue weighted by atomic mass is 16.2. The standard InChI is InChI=1S/C24H28N4O/c1-17-7-9-19(10-8-17)24(12-3-4-13-24)23(29)27-15-5-6-20(27)21-11-14-25-22-16-18(2)26-28(21)22/h7-11,14,16,20H,3-6,12-13,15H2,1-2H3/t20-/m1/s1. The molecule has 3 aromatic rings. The zero-order valence-corrected chi connectivity index (χ0v) is 17.3. The molecule has 5 nitrogen and oxygen atoms in total. The molecule has 2 fully saturated rings. The molecule has 1 saturated heterocycles. The second kappa shape index (κ2) is 6.97. The van der Waals surface area contributed by atoms with Crippen LogP contribution in [-0.4, -0.2) is 31.9 Å². The molecule has 2 aliphatic rings. The molecule has 1 aromatic carbocycles. The third-order valence-electron chi connectivity index (χ3n) is 6.84. The Morgan fingerprint density at radius 3 is 2.59 bits per heavy atom. The van der Waals surface area contributed by atoms with Crippen LogP contribution in [0, 0.1) is 13.8 Å². The van der Waals surface area contributed by atoms with Gasteiger partial charge in [0.25, 0.3) is 0 Å². The van der Waals surface area contributed by atoms with Gasteiger partial charge in [-0.3, -0.25) is 4.79 Å². The Balaban J connectivity index is 1.54. The van der Waals surface area contributed by atoms with Crippen LogP contribution in [0.3, 0.4) is 0 Å². The SMILES string of the molecule is Cc1ccc(C2(C(=O)N3CCC[C@@H]3c3ccnc4cc(C)nn34)CCCC2)cc1. The monoisotopic (exact) mass is 388 g/mol. The quantitative estimate of drug-likeness (QED) is 0.663. The molecule has 2 aromatic heterocycles. The Labute approximate surface area is 171 Å². The average Bonchev–Trinajstić information content (AvgIpc) is 3.46. The van der Waals surface area contributed by atoms with Crippen LogP contribution in [0.4, 0.5) is 0 Å². The molecule has 5 heteroatoms. The van der Waals surface area contributed by atoms with Crippen molar-refractivity contribution in [3.63, 3.8) is 0 Å². The normalized spacial score (nSPS) is 21.2. The number of carbonyl (C=O) groups excluding carboxylic acids is 1. The van der Waals surface area contributed by atoms with E-state index in [0.717, 1.165) is 62.1 Å². The predicted octanol–water partition coefficient (Wildman–Crippen LogP) is 4.52. The molecule has 0 unspecified atom stereocenters. The van der Waals surface area contributed by atoms with Crippen molar-refractivity contribution in [1.29, 1.82) is 0 Å². The Kier molecular flexibility index (Phi) is 4.41. The Morgan fingerprint density at radius 1 is 1.07 bits per heavy atom. The number of benzene rings is 1. The number of rotatable bonds is 3. The fraction of sp³-hybridized carbons (Fsp3) is 0.458. The maximum absolute atomic E-state index is 14.1. The van der Waals surface area contributed by atoms with Gasteiger partial charge in [0.05, 0.1) is 22.8 Å². The predicted molar refractivity (Wildman–Crippen MR) is 113 cm³/mol. The summed E-state index contributed by atoms with van der Waals surface area (Å²) >= 11 is 0. The Hall–Kier alpha value is -2.69. The van der Waals surface area contributed by atoms with Crippen LogP contribution < -0.4 is 0 Å². The van der Waals surface area contributed by atoms with Gasteiger partial charge in [0.15, 0.2) is 5.65 Å². The molecule has 1 aliphatic heterocycles. The fourth-order valence-corrected chi connectivity index (χ4v) is 5.35. The lowest BCUT2D eigenvalue weighted by molar-refractivity contribution is -0.138. The first-order valence-corrected chi connectivity index (χ1v) is 10.8. The molecule has 0 radical (unpaired) electrons. The Morgan fingerprint density at radius 2 is 1.83 bits per heavy atom. The summed E-state index contributed by atoms with van der Waals surface area (Å²) in [6, 6.07) is 12.7. The number of aryl methyl sites for hydroxylation is 2. The highest BCUT2D eigenvalue weighted by Crippen LogP contribution is 2.45. The smallest absolute Gasteiger partial charge is 0.233 e. The van der Waals surface area contributed by atoms with Crippen molar-refractivity contribution in [3.05, 3.63) is 65.1 Å². The lowest BCUT2D eigenvalue weighted by Crippen LogP contribution is -2.45. The molecule has 1 saturated carbocycles. The van der Waals surface area contributed by atoms with Crippen molar-refractivity contribution in [2.45, 2.75) is 63.8 Å². The number of carbonyl (C=O) groups is 1. The van der Waals surface area contributed by atoms with Crippen molar-refractivity contribution in [3.8, 4) is 0 Å². The summed E-state index contributed by atoms with van der Waals surface area (Å²) in [5, 5.41) is 4.65.